The molecule has 0 aromatic heterocycles. The molecule has 3 amide bonds. The Hall–Kier alpha value is -4.08. The summed E-state index contributed by atoms with van der Waals surface area (Å²) in [6.45, 7) is -0.236. The predicted octanol–water partition coefficient (Wildman–Crippen LogP) is 4.24. The van der Waals surface area contributed by atoms with Crippen molar-refractivity contribution in [1.29, 1.82) is 0 Å². The van der Waals surface area contributed by atoms with Gasteiger partial charge in [-0.1, -0.05) is 65.7 Å². The van der Waals surface area contributed by atoms with E-state index in [9.17, 15) is 19.2 Å². The molecule has 11 heteroatoms. The number of aldehydes is 1. The van der Waals surface area contributed by atoms with Gasteiger partial charge < -0.3 is 31.2 Å². The Morgan fingerprint density at radius 2 is 1.80 bits per heavy atom. The lowest BCUT2D eigenvalue weighted by molar-refractivity contribution is -0.142. The summed E-state index contributed by atoms with van der Waals surface area (Å²) in [5.41, 5.74) is 11.0. The number of carbonyl (C=O) groups is 4. The van der Waals surface area contributed by atoms with Gasteiger partial charge in [-0.2, -0.15) is 0 Å². The molecule has 208 valence electrons. The van der Waals surface area contributed by atoms with Crippen molar-refractivity contribution in [1.82, 2.24) is 16.0 Å². The Morgan fingerprint density at radius 1 is 1.07 bits per heavy atom. The summed E-state index contributed by atoms with van der Waals surface area (Å²) < 4.78 is 4.78. The molecule has 3 aromatic carbocycles. The van der Waals surface area contributed by atoms with Gasteiger partial charge in [-0.25, -0.2) is 9.59 Å². The highest BCUT2D eigenvalue weighted by Gasteiger charge is 2.28. The number of esters is 1. The third kappa shape index (κ3) is 6.55. The van der Waals surface area contributed by atoms with E-state index < -0.39 is 23.9 Å². The van der Waals surface area contributed by atoms with Crippen molar-refractivity contribution >= 4 is 53.1 Å². The van der Waals surface area contributed by atoms with E-state index in [1.807, 2.05) is 36.4 Å². The summed E-state index contributed by atoms with van der Waals surface area (Å²) in [7, 11) is 1.17. The fourth-order valence-electron chi connectivity index (χ4n) is 4.62. The molecule has 2 atom stereocenters. The third-order valence-corrected chi connectivity index (χ3v) is 7.46. The molecule has 0 fully saturated rings. The maximum atomic E-state index is 12.8. The molecule has 5 N–H and O–H groups in total. The SMILES string of the molecule is COC(=O)[C@H](CNC(=O)N[C@@H]1CCc2cc(-c3ccc(CC=O)cc3)ccc21)NC(=O)c1c(Cl)ccc(N)c1Cl. The molecule has 0 spiro atoms. The van der Waals surface area contributed by atoms with Gasteiger partial charge in [0.2, 0.25) is 0 Å². The first-order valence-electron chi connectivity index (χ1n) is 12.5. The number of hydrogen-bond acceptors (Lipinski definition) is 6. The number of nitrogens with two attached hydrogens (primary N) is 1. The summed E-state index contributed by atoms with van der Waals surface area (Å²) >= 11 is 12.2. The van der Waals surface area contributed by atoms with E-state index in [1.165, 1.54) is 19.2 Å². The van der Waals surface area contributed by atoms with Crippen molar-refractivity contribution in [3.05, 3.63) is 86.9 Å². The van der Waals surface area contributed by atoms with Crippen LogP contribution < -0.4 is 21.7 Å². The van der Waals surface area contributed by atoms with Gasteiger partial charge in [0.15, 0.2) is 0 Å². The number of rotatable bonds is 9. The van der Waals surface area contributed by atoms with Crippen LogP contribution in [-0.4, -0.2) is 43.9 Å². The number of anilines is 1. The number of urea groups is 1. The van der Waals surface area contributed by atoms with E-state index in [2.05, 4.69) is 22.0 Å². The third-order valence-electron chi connectivity index (χ3n) is 6.74. The number of halogens is 2. The molecule has 9 nitrogen and oxygen atoms in total. The number of methoxy groups -OCH3 is 1. The number of nitrogens with one attached hydrogen (secondary N) is 3. The van der Waals surface area contributed by atoms with Crippen molar-refractivity contribution in [2.24, 2.45) is 0 Å². The Balaban J connectivity index is 1.38. The van der Waals surface area contributed by atoms with Crippen LogP contribution in [0.15, 0.2) is 54.6 Å². The minimum Gasteiger partial charge on any atom is -0.467 e. The van der Waals surface area contributed by atoms with Crippen LogP contribution in [0.2, 0.25) is 10.0 Å². The molecule has 0 saturated carbocycles. The van der Waals surface area contributed by atoms with Crippen LogP contribution in [0.25, 0.3) is 11.1 Å². The van der Waals surface area contributed by atoms with Crippen LogP contribution >= 0.6 is 23.2 Å². The Morgan fingerprint density at radius 3 is 2.50 bits per heavy atom. The number of benzene rings is 3. The second-order valence-electron chi connectivity index (χ2n) is 9.30. The Labute approximate surface area is 241 Å². The van der Waals surface area contributed by atoms with Gasteiger partial charge >= 0.3 is 12.0 Å². The van der Waals surface area contributed by atoms with Crippen molar-refractivity contribution in [2.45, 2.75) is 31.3 Å². The van der Waals surface area contributed by atoms with E-state index in [1.54, 1.807) is 0 Å². The Bertz CT molecular complexity index is 1450. The molecular weight excluding hydrogens is 555 g/mol. The number of carbonyl (C=O) groups excluding carboxylic acids is 4. The quantitative estimate of drug-likeness (QED) is 0.169. The number of amides is 3. The van der Waals surface area contributed by atoms with E-state index in [-0.39, 0.29) is 33.9 Å². The average molecular weight is 583 g/mol. The molecule has 0 radical (unpaired) electrons. The fraction of sp³-hybridized carbons (Fsp3) is 0.241. The van der Waals surface area contributed by atoms with E-state index in [0.29, 0.717) is 12.8 Å². The van der Waals surface area contributed by atoms with Crippen molar-refractivity contribution in [3.8, 4) is 11.1 Å². The monoisotopic (exact) mass is 582 g/mol. The number of ether oxygens (including phenoxy) is 1. The lowest BCUT2D eigenvalue weighted by Gasteiger charge is -2.20. The highest BCUT2D eigenvalue weighted by molar-refractivity contribution is 6.41. The normalized spacial score (nSPS) is 14.5. The van der Waals surface area contributed by atoms with Crippen molar-refractivity contribution < 1.29 is 23.9 Å². The second kappa shape index (κ2) is 12.8. The number of nitrogen functional groups attached to an aromatic ring is 1. The van der Waals surface area contributed by atoms with Gasteiger partial charge in [-0.05, 0) is 52.8 Å². The van der Waals surface area contributed by atoms with Gasteiger partial charge in [-0.15, -0.1) is 0 Å². The van der Waals surface area contributed by atoms with Crippen LogP contribution in [0.3, 0.4) is 0 Å². The molecule has 1 aliphatic rings. The largest absolute Gasteiger partial charge is 0.467 e. The summed E-state index contributed by atoms with van der Waals surface area (Å²) in [5, 5.41) is 8.06. The van der Waals surface area contributed by atoms with E-state index in [0.717, 1.165) is 40.5 Å². The molecule has 4 rings (SSSR count). The van der Waals surface area contributed by atoms with Gasteiger partial charge in [-0.3, -0.25) is 4.79 Å². The van der Waals surface area contributed by atoms with Gasteiger partial charge in [0.05, 0.1) is 41.0 Å². The molecule has 0 bridgehead atoms. The van der Waals surface area contributed by atoms with Crippen LogP contribution in [0.1, 0.15) is 39.5 Å². The first kappa shape index (κ1) is 28.9. The first-order chi connectivity index (χ1) is 19.2. The molecule has 40 heavy (non-hydrogen) atoms. The van der Waals surface area contributed by atoms with Gasteiger partial charge in [0, 0.05) is 6.42 Å². The Kier molecular flexibility index (Phi) is 9.29. The minimum absolute atomic E-state index is 0.0442. The molecular formula is C29H28Cl2N4O5. The lowest BCUT2D eigenvalue weighted by atomic mass is 9.98. The predicted molar refractivity (Wildman–Crippen MR) is 153 cm³/mol. The van der Waals surface area contributed by atoms with Crippen LogP contribution in [0.5, 0.6) is 0 Å². The summed E-state index contributed by atoms with van der Waals surface area (Å²) in [5.74, 6) is -1.50. The molecule has 0 aliphatic heterocycles. The maximum absolute atomic E-state index is 12.8. The van der Waals surface area contributed by atoms with Gasteiger partial charge in [0.1, 0.15) is 12.3 Å². The highest BCUT2D eigenvalue weighted by atomic mass is 35.5. The summed E-state index contributed by atoms with van der Waals surface area (Å²) in [6.07, 6.45) is 2.78. The lowest BCUT2D eigenvalue weighted by Crippen LogP contribution is -2.51. The summed E-state index contributed by atoms with van der Waals surface area (Å²) in [4.78, 5) is 48.6. The second-order valence-corrected chi connectivity index (χ2v) is 10.1. The zero-order valence-electron chi connectivity index (χ0n) is 21.6. The van der Waals surface area contributed by atoms with Crippen LogP contribution in [0, 0.1) is 0 Å². The molecule has 3 aromatic rings. The maximum Gasteiger partial charge on any atom is 0.330 e. The average Bonchev–Trinajstić information content (AvgIpc) is 3.35. The smallest absolute Gasteiger partial charge is 0.330 e. The number of hydrogen-bond donors (Lipinski definition) is 4. The molecule has 0 heterocycles. The standard InChI is InChI=1S/C29H28Cl2N4O5/c1-40-28(38)24(34-27(37)25-21(30)9-10-22(32)26(25)31)15-33-29(39)35-23-11-7-19-14-18(6-8-20(19)23)17-4-2-16(3-5-17)12-13-36/h2-6,8-10,13-14,23-24H,7,11-12,15,32H2,1H3,(H,34,37)(H2,33,35,39)/t23-,24+/m1/s1. The van der Waals surface area contributed by atoms with Crippen LogP contribution in [0.4, 0.5) is 10.5 Å². The van der Waals surface area contributed by atoms with Gasteiger partial charge in [0.25, 0.3) is 5.91 Å². The molecule has 0 unspecified atom stereocenters. The van der Waals surface area contributed by atoms with Crippen LogP contribution in [-0.2, 0) is 27.2 Å². The number of aryl methyl sites for hydroxylation is 1. The van der Waals surface area contributed by atoms with E-state index in [4.69, 9.17) is 33.7 Å². The molecule has 1 aliphatic carbocycles. The zero-order chi connectivity index (χ0) is 28.8. The topological polar surface area (TPSA) is 140 Å². The first-order valence-corrected chi connectivity index (χ1v) is 13.3. The van der Waals surface area contributed by atoms with Crippen molar-refractivity contribution in [2.75, 3.05) is 19.4 Å². The highest BCUT2D eigenvalue weighted by Crippen LogP contribution is 2.34. The minimum atomic E-state index is -1.20. The zero-order valence-corrected chi connectivity index (χ0v) is 23.1. The fourth-order valence-corrected chi connectivity index (χ4v) is 5.17. The van der Waals surface area contributed by atoms with E-state index >= 15 is 0 Å². The van der Waals surface area contributed by atoms with Crippen molar-refractivity contribution in [3.63, 3.8) is 0 Å². The number of fused-ring (bicyclic) bond motifs is 1. The molecule has 0 saturated heterocycles. The summed E-state index contributed by atoms with van der Waals surface area (Å²) in [6, 6.07) is 14.9.